The van der Waals surface area contributed by atoms with Gasteiger partial charge in [0, 0.05) is 22.4 Å². The van der Waals surface area contributed by atoms with Gasteiger partial charge in [-0.05, 0) is 54.6 Å². The van der Waals surface area contributed by atoms with E-state index in [-0.39, 0.29) is 5.82 Å². The van der Waals surface area contributed by atoms with Gasteiger partial charge in [0.25, 0.3) is 0 Å². The summed E-state index contributed by atoms with van der Waals surface area (Å²) in [7, 11) is 2.05. The summed E-state index contributed by atoms with van der Waals surface area (Å²) in [5.74, 6) is -0.254. The largest absolute Gasteiger partial charge is 0.309 e. The van der Waals surface area contributed by atoms with Crippen LogP contribution in [0.25, 0.3) is 53.8 Å². The average Bonchev–Trinajstić information content (AvgIpc) is 3.03. The van der Waals surface area contributed by atoms with Gasteiger partial charge < -0.3 is 4.40 Å². The summed E-state index contributed by atoms with van der Waals surface area (Å²) in [4.78, 5) is 3.63. The van der Waals surface area contributed by atoms with Gasteiger partial charge in [0.2, 0.25) is 5.52 Å². The lowest BCUT2D eigenvalue weighted by atomic mass is 9.96. The first-order valence-electron chi connectivity index (χ1n) is 9.58. The molecule has 0 spiro atoms. The van der Waals surface area contributed by atoms with Crippen LogP contribution in [0.5, 0.6) is 0 Å². The molecule has 0 bridgehead atoms. The summed E-state index contributed by atoms with van der Waals surface area (Å²) in [5, 5.41) is 5.35. The Kier molecular flexibility index (Phi) is 2.92. The summed E-state index contributed by atoms with van der Waals surface area (Å²) in [6.07, 6.45) is 2.00. The van der Waals surface area contributed by atoms with Crippen LogP contribution in [-0.2, 0) is 7.05 Å². The third-order valence-electron chi connectivity index (χ3n) is 6.34. The van der Waals surface area contributed by atoms with Crippen LogP contribution < -0.4 is 4.57 Å². The molecule has 0 aliphatic heterocycles. The van der Waals surface area contributed by atoms with Gasteiger partial charge in [-0.25, -0.2) is 13.8 Å². The molecule has 4 heteroatoms. The Morgan fingerprint density at radius 3 is 2.59 bits per heavy atom. The monoisotopic (exact) mass is 378 g/mol. The van der Waals surface area contributed by atoms with E-state index < -0.39 is 0 Å². The maximum absolute atomic E-state index is 14.6. The number of halogens is 1. The molecule has 0 aliphatic rings. The van der Waals surface area contributed by atoms with Gasteiger partial charge >= 0.3 is 0 Å². The quantitative estimate of drug-likeness (QED) is 0.131. The summed E-state index contributed by atoms with van der Waals surface area (Å²) in [6, 6.07) is 13.2. The molecule has 6 rings (SSSR count). The van der Waals surface area contributed by atoms with E-state index in [1.165, 1.54) is 16.5 Å². The minimum absolute atomic E-state index is 0.254. The highest BCUT2D eigenvalue weighted by atomic mass is 19.1. The fourth-order valence-corrected chi connectivity index (χ4v) is 4.93. The van der Waals surface area contributed by atoms with Crippen molar-refractivity contribution >= 4 is 54.7 Å². The number of nitrogens with zero attached hydrogens (tertiary/aromatic N) is 3. The fourth-order valence-electron chi connectivity index (χ4n) is 4.93. The van der Waals surface area contributed by atoms with E-state index >= 15 is 0 Å². The van der Waals surface area contributed by atoms with E-state index in [1.807, 2.05) is 37.5 Å². The van der Waals surface area contributed by atoms with Gasteiger partial charge in [0.05, 0.1) is 28.4 Å². The fraction of sp³-hybridized carbons (Fsp3) is 0.120. The Hall–Kier alpha value is -3.71. The Labute approximate surface area is 166 Å². The summed E-state index contributed by atoms with van der Waals surface area (Å²) in [6.45, 7) is 11.7. The minimum atomic E-state index is -0.254. The molecule has 0 radical (unpaired) electrons. The average molecular weight is 378 g/mol. The molecule has 3 aromatic carbocycles. The third kappa shape index (κ3) is 1.87. The Bertz CT molecular complexity index is 1700. The van der Waals surface area contributed by atoms with E-state index in [0.717, 1.165) is 43.6 Å². The number of pyridine rings is 2. The smallest absolute Gasteiger partial charge is 0.224 e. The highest BCUT2D eigenvalue weighted by molar-refractivity contribution is 6.26. The number of hydrogen-bond acceptors (Lipinski definition) is 0. The zero-order valence-electron chi connectivity index (χ0n) is 16.3. The van der Waals surface area contributed by atoms with Crippen LogP contribution in [0.2, 0.25) is 0 Å². The molecule has 0 fully saturated rings. The van der Waals surface area contributed by atoms with Crippen molar-refractivity contribution in [1.82, 2.24) is 4.40 Å². The van der Waals surface area contributed by atoms with Crippen LogP contribution >= 0.6 is 0 Å². The van der Waals surface area contributed by atoms with Crippen LogP contribution in [-0.4, -0.2) is 4.40 Å². The maximum atomic E-state index is 14.6. The van der Waals surface area contributed by atoms with Crippen LogP contribution in [0.4, 0.5) is 10.1 Å². The number of rotatable bonds is 0. The van der Waals surface area contributed by atoms with Crippen molar-refractivity contribution in [2.45, 2.75) is 13.8 Å². The molecule has 0 aliphatic carbocycles. The molecule has 3 nitrogen and oxygen atoms in total. The molecule has 29 heavy (non-hydrogen) atoms. The van der Waals surface area contributed by atoms with Crippen LogP contribution in [0.3, 0.4) is 0 Å². The van der Waals surface area contributed by atoms with Crippen molar-refractivity contribution < 1.29 is 8.96 Å². The topological polar surface area (TPSA) is 12.6 Å². The lowest BCUT2D eigenvalue weighted by molar-refractivity contribution is -0.643. The van der Waals surface area contributed by atoms with Crippen molar-refractivity contribution in [2.24, 2.45) is 7.05 Å². The van der Waals surface area contributed by atoms with Crippen LogP contribution in [0.15, 0.2) is 48.7 Å². The zero-order chi connectivity index (χ0) is 20.0. The highest BCUT2D eigenvalue weighted by Gasteiger charge is 2.25. The lowest BCUT2D eigenvalue weighted by Crippen LogP contribution is -2.29. The molecule has 0 N–H and O–H groups in total. The predicted octanol–water partition coefficient (Wildman–Crippen LogP) is 6.12. The molecule has 6 aromatic rings. The van der Waals surface area contributed by atoms with Crippen molar-refractivity contribution in [3.63, 3.8) is 0 Å². The second-order valence-corrected chi connectivity index (χ2v) is 7.90. The van der Waals surface area contributed by atoms with E-state index in [4.69, 9.17) is 6.57 Å². The first-order valence-corrected chi connectivity index (χ1v) is 9.58. The van der Waals surface area contributed by atoms with Crippen molar-refractivity contribution in [3.05, 3.63) is 77.0 Å². The van der Waals surface area contributed by atoms with E-state index in [1.54, 1.807) is 12.1 Å². The first-order chi connectivity index (χ1) is 14.0. The number of aromatic nitrogens is 2. The van der Waals surface area contributed by atoms with Gasteiger partial charge in [0.15, 0.2) is 11.9 Å². The second-order valence-electron chi connectivity index (χ2n) is 7.90. The van der Waals surface area contributed by atoms with Crippen molar-refractivity contribution in [1.29, 1.82) is 0 Å². The van der Waals surface area contributed by atoms with Crippen molar-refractivity contribution in [3.8, 4) is 0 Å². The van der Waals surface area contributed by atoms with Gasteiger partial charge in [-0.1, -0.05) is 12.1 Å². The second kappa shape index (κ2) is 5.21. The minimum Gasteiger partial charge on any atom is -0.309 e. The highest BCUT2D eigenvalue weighted by Crippen LogP contribution is 2.42. The molecular weight excluding hydrogens is 361 g/mol. The Morgan fingerprint density at radius 2 is 1.79 bits per heavy atom. The van der Waals surface area contributed by atoms with Gasteiger partial charge in [0.1, 0.15) is 12.9 Å². The third-order valence-corrected chi connectivity index (χ3v) is 6.34. The van der Waals surface area contributed by atoms with Crippen LogP contribution in [0, 0.1) is 26.2 Å². The van der Waals surface area contributed by atoms with Gasteiger partial charge in [-0.2, -0.15) is 0 Å². The van der Waals surface area contributed by atoms with E-state index in [9.17, 15) is 4.39 Å². The van der Waals surface area contributed by atoms with E-state index in [2.05, 4.69) is 33.7 Å². The normalized spacial score (nSPS) is 12.1. The lowest BCUT2D eigenvalue weighted by Gasteiger charge is -2.14. The number of hydrogen-bond donors (Lipinski definition) is 0. The molecule has 3 aromatic heterocycles. The standard InChI is InChI=1S/C25H17FN3/c1-13-9-19-18-6-5-17(27-3)12-20(18)29-21-11-16(26)10-15-7-8-28(4)25(23(15)21)22(14(13)2)24(19)29/h5-12H,1-2,4H3/q+1. The van der Waals surface area contributed by atoms with Crippen molar-refractivity contribution in [2.75, 3.05) is 0 Å². The molecule has 0 saturated heterocycles. The predicted molar refractivity (Wildman–Crippen MR) is 115 cm³/mol. The molecular formula is C25H17FN3+. The Morgan fingerprint density at radius 1 is 0.966 bits per heavy atom. The number of aryl methyl sites for hydroxylation is 3. The summed E-state index contributed by atoms with van der Waals surface area (Å²) < 4.78 is 18.9. The van der Waals surface area contributed by atoms with Gasteiger partial charge in [-0.15, -0.1) is 0 Å². The summed E-state index contributed by atoms with van der Waals surface area (Å²) in [5.41, 5.74) is 7.03. The maximum Gasteiger partial charge on any atom is 0.224 e. The SMILES string of the molecule is [C-]#[N+]c1ccc2c3cc(C)c(C)c4c3n(c2c1)c1cc(F)cc2cc[n+](C)c4c21. The van der Waals surface area contributed by atoms with Gasteiger partial charge in [-0.3, -0.25) is 0 Å². The molecule has 138 valence electrons. The molecule has 0 saturated carbocycles. The van der Waals surface area contributed by atoms with Crippen LogP contribution in [0.1, 0.15) is 11.1 Å². The molecule has 3 heterocycles. The number of benzene rings is 3. The molecule has 0 atom stereocenters. The Balaban J connectivity index is 2.13. The van der Waals surface area contributed by atoms with E-state index in [0.29, 0.717) is 5.69 Å². The first kappa shape index (κ1) is 16.3. The molecule has 0 unspecified atom stereocenters. The summed E-state index contributed by atoms with van der Waals surface area (Å²) >= 11 is 0. The zero-order valence-corrected chi connectivity index (χ0v) is 16.3. The number of fused-ring (bicyclic) bond motifs is 5. The molecule has 0 amide bonds.